The molecule has 0 saturated heterocycles. The number of anilines is 3. The van der Waals surface area contributed by atoms with Crippen LogP contribution in [-0.4, -0.2) is 71.1 Å². The Labute approximate surface area is 481 Å². The number of carboxylic acids is 2. The van der Waals surface area contributed by atoms with Gasteiger partial charge in [-0.3, -0.25) is 15.0 Å². The number of aryl methyl sites for hydroxylation is 1. The number of benzene rings is 2. The van der Waals surface area contributed by atoms with Crippen LogP contribution in [0.2, 0.25) is 0 Å². The number of carboxylic acid groups (broad SMARTS) is 2. The molecule has 0 radical (unpaired) electrons. The summed E-state index contributed by atoms with van der Waals surface area (Å²) >= 11 is 7.01. The molecule has 0 fully saturated rings. The number of nitrogens with zero attached hydrogens (tertiary/aromatic N) is 7. The van der Waals surface area contributed by atoms with E-state index in [0.717, 1.165) is 67.6 Å². The predicted octanol–water partition coefficient (Wildman–Crippen LogP) is 15.9. The number of carbonyl (C=O) groups is 2. The van der Waals surface area contributed by atoms with Crippen LogP contribution in [0.25, 0.3) is 71.9 Å². The largest absolute Gasteiger partial charge is 2.00 e. The Morgan fingerprint density at radius 3 is 1.96 bits per heavy atom. The normalized spacial score (nSPS) is 11.4. The van der Waals surface area contributed by atoms with Gasteiger partial charge in [-0.2, -0.15) is 18.3 Å². The van der Waals surface area contributed by atoms with Gasteiger partial charge in [0.05, 0.1) is 44.5 Å². The van der Waals surface area contributed by atoms with Crippen molar-refractivity contribution in [3.05, 3.63) is 203 Å². The van der Waals surface area contributed by atoms with E-state index in [2.05, 4.69) is 102 Å². The number of likely N-dealkylation sites (N-methyl/N-ethyl adjacent to an activating group) is 1. The van der Waals surface area contributed by atoms with Crippen molar-refractivity contribution in [3.8, 4) is 55.0 Å². The molecule has 0 bridgehead atoms. The first kappa shape index (κ1) is 60.4. The Morgan fingerprint density at radius 2 is 1.35 bits per heavy atom. The van der Waals surface area contributed by atoms with E-state index >= 15 is 0 Å². The van der Waals surface area contributed by atoms with Gasteiger partial charge in [0.15, 0.2) is 0 Å². The molecule has 20 heteroatoms. The molecule has 0 saturated carbocycles. The Balaban J connectivity index is 0.000000277. The molecule has 0 amide bonds. The fourth-order valence-corrected chi connectivity index (χ4v) is 10.4. The third kappa shape index (κ3) is 15.7. The molecule has 79 heavy (non-hydrogen) atoms. The van der Waals surface area contributed by atoms with Crippen LogP contribution in [0.4, 0.5) is 29.5 Å². The quantitative estimate of drug-likeness (QED) is 0.0320. The van der Waals surface area contributed by atoms with E-state index < -0.39 is 24.2 Å². The summed E-state index contributed by atoms with van der Waals surface area (Å²) in [5.41, 5.74) is 16.4. The van der Waals surface area contributed by atoms with Gasteiger partial charge in [-0.1, -0.05) is 80.9 Å². The van der Waals surface area contributed by atoms with E-state index in [1.807, 2.05) is 73.1 Å². The van der Waals surface area contributed by atoms with Crippen molar-refractivity contribution in [3.63, 3.8) is 0 Å². The summed E-state index contributed by atoms with van der Waals surface area (Å²) in [5, 5.41) is 33.0. The van der Waals surface area contributed by atoms with Crippen molar-refractivity contribution >= 4 is 74.1 Å². The molecule has 0 spiro atoms. The number of aromatic carboxylic acids is 2. The maximum Gasteiger partial charge on any atom is 2.00 e. The third-order valence-electron chi connectivity index (χ3n) is 12.2. The van der Waals surface area contributed by atoms with Gasteiger partial charge in [-0.25, -0.2) is 14.6 Å². The molecule has 0 aliphatic heterocycles. The molecule has 9 aromatic rings. The molecule has 0 aliphatic rings. The molecule has 404 valence electrons. The zero-order valence-electron chi connectivity index (χ0n) is 42.8. The number of hydrogen-bond acceptors (Lipinski definition) is 11. The Morgan fingerprint density at radius 1 is 0.772 bits per heavy atom. The molecule has 2 aromatic carbocycles. The zero-order valence-corrected chi connectivity index (χ0v) is 47.0. The summed E-state index contributed by atoms with van der Waals surface area (Å²) in [7, 11) is 3.24. The van der Waals surface area contributed by atoms with E-state index in [4.69, 9.17) is 11.1 Å². The number of thiocarbonyl (C=S) groups is 1. The minimum absolute atomic E-state index is 0. The summed E-state index contributed by atoms with van der Waals surface area (Å²) in [6.07, 6.45) is 6.68. The number of unbranched alkanes of at least 4 members (excludes halogenated alkanes) is 3. The maximum atomic E-state index is 12.9. The van der Waals surface area contributed by atoms with E-state index in [1.54, 1.807) is 41.1 Å². The molecule has 1 unspecified atom stereocenters. The van der Waals surface area contributed by atoms with Gasteiger partial charge in [0.25, 0.3) is 0 Å². The van der Waals surface area contributed by atoms with E-state index in [0.29, 0.717) is 11.4 Å². The molecule has 7 heterocycles. The van der Waals surface area contributed by atoms with Crippen molar-refractivity contribution in [2.75, 3.05) is 11.9 Å². The fourth-order valence-electron chi connectivity index (χ4n) is 8.38. The van der Waals surface area contributed by atoms with Crippen LogP contribution in [0.3, 0.4) is 0 Å². The molecular weight excluding hydrogens is 1150 g/mol. The number of halogens is 3. The summed E-state index contributed by atoms with van der Waals surface area (Å²) < 4.78 is 40.9. The van der Waals surface area contributed by atoms with Crippen LogP contribution >= 0.6 is 34.9 Å². The number of para-hydroxylation sites is 2. The monoisotopic (exact) mass is 1210 g/mol. The van der Waals surface area contributed by atoms with Crippen molar-refractivity contribution in [1.29, 1.82) is 0 Å². The minimum atomic E-state index is -4.45. The number of hydrogen-bond donors (Lipinski definition) is 3. The van der Waals surface area contributed by atoms with Gasteiger partial charge in [0, 0.05) is 58.8 Å². The topological polar surface area (TPSA) is 192 Å². The Bertz CT molecular complexity index is 3510. The van der Waals surface area contributed by atoms with Crippen LogP contribution in [0.15, 0.2) is 170 Å². The van der Waals surface area contributed by atoms with Gasteiger partial charge >= 0.3 is 37.6 Å². The van der Waals surface area contributed by atoms with Crippen LogP contribution in [0.5, 0.6) is 0 Å². The van der Waals surface area contributed by atoms with Crippen molar-refractivity contribution in [1.82, 2.24) is 29.8 Å². The summed E-state index contributed by atoms with van der Waals surface area (Å²) in [6, 6.07) is 42.1. The third-order valence-corrected chi connectivity index (χ3v) is 14.3. The molecular formula is C59H52F3N9O4RuS3. The molecule has 7 aromatic heterocycles. The van der Waals surface area contributed by atoms with Gasteiger partial charge in [0.2, 0.25) is 0 Å². The van der Waals surface area contributed by atoms with Gasteiger partial charge in [-0.05, 0) is 140 Å². The molecule has 0 aliphatic carbocycles. The second-order valence-electron chi connectivity index (χ2n) is 17.4. The van der Waals surface area contributed by atoms with Crippen LogP contribution in [0.1, 0.15) is 64.6 Å². The molecule has 9 rings (SSSR count). The minimum Gasteiger partial charge on any atom is -0.753 e. The first-order valence-electron chi connectivity index (χ1n) is 24.4. The number of thiophene rings is 2. The first-order chi connectivity index (χ1) is 37.6. The van der Waals surface area contributed by atoms with Crippen LogP contribution in [0, 0.1) is 0 Å². The average molecular weight is 1210 g/mol. The van der Waals surface area contributed by atoms with Gasteiger partial charge < -0.3 is 36.1 Å². The number of isothiocyanates is 1. The van der Waals surface area contributed by atoms with Crippen LogP contribution < -0.4 is 10.2 Å². The second kappa shape index (κ2) is 28.7. The van der Waals surface area contributed by atoms with E-state index in [1.165, 1.54) is 67.5 Å². The average Bonchev–Trinajstić information content (AvgIpc) is 4.31. The Hall–Kier alpha value is -7.83. The summed E-state index contributed by atoms with van der Waals surface area (Å²) in [5.74, 6) is -2.26. The van der Waals surface area contributed by atoms with Gasteiger partial charge in [-0.15, -0.1) is 28.4 Å². The number of rotatable bonds is 18. The van der Waals surface area contributed by atoms with Crippen molar-refractivity contribution in [2.24, 2.45) is 7.05 Å². The van der Waals surface area contributed by atoms with E-state index in [9.17, 15) is 33.0 Å². The zero-order chi connectivity index (χ0) is 55.8. The molecule has 1 atom stereocenters. The van der Waals surface area contributed by atoms with Crippen LogP contribution in [-0.2, 0) is 32.9 Å². The smallest absolute Gasteiger partial charge is 0.753 e. The number of alkyl halides is 3. The van der Waals surface area contributed by atoms with Gasteiger partial charge in [0.1, 0.15) is 11.0 Å². The summed E-state index contributed by atoms with van der Waals surface area (Å²) in [4.78, 5) is 45.5. The Kier molecular flexibility index (Phi) is 21.9. The van der Waals surface area contributed by atoms with Crippen molar-refractivity contribution < 1.29 is 52.5 Å². The second-order valence-corrected chi connectivity index (χ2v) is 19.6. The maximum absolute atomic E-state index is 12.9. The molecule has 4 N–H and O–H groups in total. The predicted molar refractivity (Wildman–Crippen MR) is 310 cm³/mol. The summed E-state index contributed by atoms with van der Waals surface area (Å²) in [6.45, 7) is 2.18. The van der Waals surface area contributed by atoms with E-state index in [-0.39, 0.29) is 53.4 Å². The first-order valence-corrected chi connectivity index (χ1v) is 26.5. The van der Waals surface area contributed by atoms with Crippen molar-refractivity contribution in [2.45, 2.75) is 51.2 Å². The number of nitrogens with one attached hydrogen (secondary N) is 2. The number of aromatic nitrogens is 5. The fraction of sp³-hybridized carbons (Fsp3) is 0.169. The number of pyridine rings is 4. The molecule has 13 nitrogen and oxygen atoms in total. The SMILES string of the molecule is CCCCCCc1ccsc1-c1ccnc(/C([NH-])=C/C(NC)C(F)(F)F)c1.Cn1c(-c2ccnc(-c3cc(C(=O)O)cc(-c4cc(C(=O)O)ccn4)n3)c2)ccc1-c1ccc(N(c2ccccc2)c2ccccc2)s1.[N-]=C=S.[Ru+2]. The standard InChI is InChI=1S/C38H27N5O4S.C20H25F3N3S.CNS.Ru/c1-42-33(12-13-34(42)35-14-15-36(48-35)43(27-8-4-2-5-9-27)28-10-6-3-7-11-28)24-16-18-39-29(20-24)31-22-26(38(46)47)23-32(41-31)30-21-25(37(44)45)17-19-40-30;1-3-4-5-6-7-14-9-11-27-19(14)15-8-10-26-17(12-15)16(24)13-18(25-2)20(21,22)23;2-1-3;/h2-23H,1H3,(H,44,45)(H,46,47);8-13,18,24-25H,3-7H2,1-2H3;;/q;2*-1;+2/b;16-13-;;.